The maximum atomic E-state index is 12.2. The summed E-state index contributed by atoms with van der Waals surface area (Å²) in [7, 11) is 0. The summed E-state index contributed by atoms with van der Waals surface area (Å²) < 4.78 is 0.904. The number of carbonyl (C=O) groups excluding carboxylic acids is 1. The summed E-state index contributed by atoms with van der Waals surface area (Å²) in [5.74, 6) is 0.125. The monoisotopic (exact) mass is 330 g/mol. The fraction of sp³-hybridized carbons (Fsp3) is 0.462. The third kappa shape index (κ3) is 3.46. The van der Waals surface area contributed by atoms with Crippen LogP contribution >= 0.6 is 27.5 Å². The molecule has 1 aliphatic rings. The molecule has 2 atom stereocenters. The van der Waals surface area contributed by atoms with Gasteiger partial charge in [0, 0.05) is 16.4 Å². The Kier molecular flexibility index (Phi) is 4.65. The second-order valence-corrected chi connectivity index (χ2v) is 6.01. The summed E-state index contributed by atoms with van der Waals surface area (Å²) >= 11 is 9.43. The van der Waals surface area contributed by atoms with Gasteiger partial charge in [-0.1, -0.05) is 27.5 Å². The van der Waals surface area contributed by atoms with Gasteiger partial charge in [0.05, 0.1) is 10.7 Å². The van der Waals surface area contributed by atoms with Gasteiger partial charge in [-0.3, -0.25) is 4.79 Å². The van der Waals surface area contributed by atoms with Crippen LogP contribution in [0, 0.1) is 5.92 Å². The van der Waals surface area contributed by atoms with E-state index in [1.54, 1.807) is 6.07 Å². The van der Waals surface area contributed by atoms with Crippen molar-refractivity contribution >= 4 is 39.1 Å². The molecule has 98 valence electrons. The number of anilines is 1. The SMILES string of the molecule is CC1CC(C(=O)Nc2cc(Br)ccc2Cl)CCN1. The molecular weight excluding hydrogens is 316 g/mol. The van der Waals surface area contributed by atoms with E-state index in [9.17, 15) is 4.79 Å². The highest BCUT2D eigenvalue weighted by Crippen LogP contribution is 2.27. The highest BCUT2D eigenvalue weighted by molar-refractivity contribution is 9.10. The van der Waals surface area contributed by atoms with Crippen LogP contribution in [0.4, 0.5) is 5.69 Å². The van der Waals surface area contributed by atoms with E-state index < -0.39 is 0 Å². The van der Waals surface area contributed by atoms with E-state index >= 15 is 0 Å². The number of halogens is 2. The number of nitrogens with one attached hydrogen (secondary N) is 2. The molecule has 5 heteroatoms. The molecule has 1 amide bonds. The molecule has 2 N–H and O–H groups in total. The van der Waals surface area contributed by atoms with Crippen LogP contribution in [0.5, 0.6) is 0 Å². The fourth-order valence-electron chi connectivity index (χ4n) is 2.20. The van der Waals surface area contributed by atoms with Crippen molar-refractivity contribution in [1.29, 1.82) is 0 Å². The van der Waals surface area contributed by atoms with Crippen molar-refractivity contribution in [3.8, 4) is 0 Å². The van der Waals surface area contributed by atoms with Crippen LogP contribution in [0.1, 0.15) is 19.8 Å². The van der Waals surface area contributed by atoms with E-state index in [0.29, 0.717) is 16.8 Å². The molecule has 0 radical (unpaired) electrons. The highest BCUT2D eigenvalue weighted by Gasteiger charge is 2.25. The number of rotatable bonds is 2. The molecular formula is C13H16BrClN2O. The number of piperidine rings is 1. The Hall–Kier alpha value is -0.580. The molecule has 1 aromatic carbocycles. The predicted molar refractivity (Wildman–Crippen MR) is 78.0 cm³/mol. The molecule has 1 saturated heterocycles. The van der Waals surface area contributed by atoms with Crippen molar-refractivity contribution in [2.75, 3.05) is 11.9 Å². The van der Waals surface area contributed by atoms with Crippen LogP contribution in [0.25, 0.3) is 0 Å². The molecule has 0 spiro atoms. The molecule has 0 aliphatic carbocycles. The van der Waals surface area contributed by atoms with Crippen molar-refractivity contribution in [3.63, 3.8) is 0 Å². The molecule has 0 aromatic heterocycles. The Morgan fingerprint density at radius 1 is 1.56 bits per heavy atom. The quantitative estimate of drug-likeness (QED) is 0.872. The van der Waals surface area contributed by atoms with E-state index in [2.05, 4.69) is 33.5 Å². The molecule has 18 heavy (non-hydrogen) atoms. The fourth-order valence-corrected chi connectivity index (χ4v) is 2.72. The first-order valence-electron chi connectivity index (χ1n) is 6.05. The average molecular weight is 332 g/mol. The Bertz CT molecular complexity index is 453. The molecule has 3 nitrogen and oxygen atoms in total. The minimum atomic E-state index is 0.0587. The third-order valence-electron chi connectivity index (χ3n) is 3.18. The van der Waals surface area contributed by atoms with E-state index in [-0.39, 0.29) is 11.8 Å². The summed E-state index contributed by atoms with van der Waals surface area (Å²) in [6, 6.07) is 5.84. The minimum absolute atomic E-state index is 0.0587. The Balaban J connectivity index is 2.04. The molecule has 1 aliphatic heterocycles. The number of amides is 1. The van der Waals surface area contributed by atoms with Gasteiger partial charge < -0.3 is 10.6 Å². The van der Waals surface area contributed by atoms with Crippen LogP contribution in [-0.4, -0.2) is 18.5 Å². The lowest BCUT2D eigenvalue weighted by atomic mass is 9.92. The summed E-state index contributed by atoms with van der Waals surface area (Å²) in [5.41, 5.74) is 0.669. The lowest BCUT2D eigenvalue weighted by Gasteiger charge is -2.27. The van der Waals surface area contributed by atoms with Gasteiger partial charge in [-0.2, -0.15) is 0 Å². The van der Waals surface area contributed by atoms with Crippen LogP contribution in [0.2, 0.25) is 5.02 Å². The normalized spacial score (nSPS) is 23.7. The van der Waals surface area contributed by atoms with Gasteiger partial charge >= 0.3 is 0 Å². The molecule has 1 fully saturated rings. The highest BCUT2D eigenvalue weighted by atomic mass is 79.9. The first-order valence-corrected chi connectivity index (χ1v) is 7.22. The average Bonchev–Trinajstić information content (AvgIpc) is 2.34. The maximum Gasteiger partial charge on any atom is 0.227 e. The lowest BCUT2D eigenvalue weighted by Crippen LogP contribution is -2.40. The van der Waals surface area contributed by atoms with Crippen molar-refractivity contribution in [3.05, 3.63) is 27.7 Å². The van der Waals surface area contributed by atoms with Gasteiger partial charge in [0.2, 0.25) is 5.91 Å². The zero-order valence-electron chi connectivity index (χ0n) is 10.2. The van der Waals surface area contributed by atoms with E-state index in [4.69, 9.17) is 11.6 Å². The van der Waals surface area contributed by atoms with E-state index in [0.717, 1.165) is 23.9 Å². The van der Waals surface area contributed by atoms with Crippen LogP contribution in [0.3, 0.4) is 0 Å². The summed E-state index contributed by atoms with van der Waals surface area (Å²) in [5, 5.41) is 6.81. The molecule has 1 aromatic rings. The number of hydrogen-bond donors (Lipinski definition) is 2. The number of carbonyl (C=O) groups is 1. The second kappa shape index (κ2) is 6.04. The van der Waals surface area contributed by atoms with Gasteiger partial charge in [-0.25, -0.2) is 0 Å². The summed E-state index contributed by atoms with van der Waals surface area (Å²) in [6.07, 6.45) is 1.75. The minimum Gasteiger partial charge on any atom is -0.324 e. The molecule has 2 unspecified atom stereocenters. The molecule has 2 rings (SSSR count). The molecule has 0 bridgehead atoms. The van der Waals surface area contributed by atoms with Crippen LogP contribution in [0.15, 0.2) is 22.7 Å². The third-order valence-corrected chi connectivity index (χ3v) is 4.00. The first-order chi connectivity index (χ1) is 8.56. The maximum absolute atomic E-state index is 12.2. The van der Waals surface area contributed by atoms with Gasteiger partial charge in [-0.05, 0) is 44.5 Å². The Morgan fingerprint density at radius 3 is 3.06 bits per heavy atom. The van der Waals surface area contributed by atoms with Crippen molar-refractivity contribution in [2.45, 2.75) is 25.8 Å². The Morgan fingerprint density at radius 2 is 2.33 bits per heavy atom. The van der Waals surface area contributed by atoms with E-state index in [1.165, 1.54) is 0 Å². The zero-order chi connectivity index (χ0) is 13.1. The number of hydrogen-bond acceptors (Lipinski definition) is 2. The standard InChI is InChI=1S/C13H16BrClN2O/c1-8-6-9(4-5-16-8)13(18)17-12-7-10(14)2-3-11(12)15/h2-3,7-9,16H,4-6H2,1H3,(H,17,18). The van der Waals surface area contributed by atoms with Crippen LogP contribution < -0.4 is 10.6 Å². The number of benzene rings is 1. The van der Waals surface area contributed by atoms with Crippen molar-refractivity contribution in [1.82, 2.24) is 5.32 Å². The van der Waals surface area contributed by atoms with Crippen molar-refractivity contribution in [2.24, 2.45) is 5.92 Å². The Labute approximate surface area is 120 Å². The topological polar surface area (TPSA) is 41.1 Å². The van der Waals surface area contributed by atoms with Gasteiger partial charge in [0.15, 0.2) is 0 Å². The van der Waals surface area contributed by atoms with Gasteiger partial charge in [-0.15, -0.1) is 0 Å². The lowest BCUT2D eigenvalue weighted by molar-refractivity contribution is -0.120. The predicted octanol–water partition coefficient (Wildman–Crippen LogP) is 3.43. The summed E-state index contributed by atoms with van der Waals surface area (Å²) in [6.45, 7) is 3.00. The molecule has 0 saturated carbocycles. The van der Waals surface area contributed by atoms with Crippen molar-refractivity contribution < 1.29 is 4.79 Å². The van der Waals surface area contributed by atoms with Gasteiger partial charge in [0.1, 0.15) is 0 Å². The first kappa shape index (κ1) is 13.8. The smallest absolute Gasteiger partial charge is 0.227 e. The second-order valence-electron chi connectivity index (χ2n) is 4.69. The van der Waals surface area contributed by atoms with E-state index in [1.807, 2.05) is 12.1 Å². The summed E-state index contributed by atoms with van der Waals surface area (Å²) in [4.78, 5) is 12.2. The van der Waals surface area contributed by atoms with Crippen LogP contribution in [-0.2, 0) is 4.79 Å². The molecule has 1 heterocycles. The zero-order valence-corrected chi connectivity index (χ0v) is 12.5. The largest absolute Gasteiger partial charge is 0.324 e. The van der Waals surface area contributed by atoms with Gasteiger partial charge in [0.25, 0.3) is 0 Å².